The van der Waals surface area contributed by atoms with Gasteiger partial charge in [0.25, 0.3) is 0 Å². The number of benzene rings is 3. The van der Waals surface area contributed by atoms with Crippen LogP contribution in [0, 0.1) is 0 Å². The summed E-state index contributed by atoms with van der Waals surface area (Å²) in [7, 11) is 0. The molecule has 4 heteroatoms. The second kappa shape index (κ2) is 12.1. The van der Waals surface area contributed by atoms with Crippen LogP contribution in [0.15, 0.2) is 91.1 Å². The Balaban J connectivity index is 1.57. The summed E-state index contributed by atoms with van der Waals surface area (Å²) in [4.78, 5) is 11.2. The van der Waals surface area contributed by atoms with E-state index in [0.29, 0.717) is 0 Å². The Bertz CT molecular complexity index is 1400. The molecular weight excluding hydrogens is 452 g/mol. The van der Waals surface area contributed by atoms with Crippen LogP contribution in [-0.4, -0.2) is 26.0 Å². The maximum atomic E-state index is 5.31. The van der Waals surface area contributed by atoms with E-state index in [4.69, 9.17) is 4.98 Å². The van der Waals surface area contributed by atoms with E-state index in [0.717, 1.165) is 50.5 Å². The molecule has 5 rings (SSSR count). The first-order chi connectivity index (χ1) is 18.3. The summed E-state index contributed by atoms with van der Waals surface area (Å²) in [6.07, 6.45) is 6.68. The molecule has 4 nitrogen and oxygen atoms in total. The molecule has 0 saturated carbocycles. The lowest BCUT2D eigenvalue weighted by Crippen LogP contribution is -2.26. The summed E-state index contributed by atoms with van der Waals surface area (Å²) in [5, 5.41) is 1.28. The molecule has 0 amide bonds. The molecule has 1 N–H and O–H groups in total. The van der Waals surface area contributed by atoms with Gasteiger partial charge in [-0.25, -0.2) is 4.98 Å². The minimum Gasteiger partial charge on any atom is -0.361 e. The fourth-order valence-corrected chi connectivity index (χ4v) is 5.11. The van der Waals surface area contributed by atoms with Gasteiger partial charge in [-0.3, -0.25) is 4.90 Å². The van der Waals surface area contributed by atoms with E-state index in [1.165, 1.54) is 46.1 Å². The average molecular weight is 491 g/mol. The third-order valence-corrected chi connectivity index (χ3v) is 7.11. The van der Waals surface area contributed by atoms with Crippen molar-refractivity contribution in [2.45, 2.75) is 59.2 Å². The minimum absolute atomic E-state index is 0.874. The van der Waals surface area contributed by atoms with Crippen molar-refractivity contribution in [3.8, 4) is 22.6 Å². The van der Waals surface area contributed by atoms with Crippen molar-refractivity contribution in [2.75, 3.05) is 6.54 Å². The van der Waals surface area contributed by atoms with Gasteiger partial charge in [-0.05, 0) is 48.5 Å². The van der Waals surface area contributed by atoms with Gasteiger partial charge < -0.3 is 9.55 Å². The van der Waals surface area contributed by atoms with E-state index in [1.807, 2.05) is 6.20 Å². The van der Waals surface area contributed by atoms with E-state index in [9.17, 15) is 0 Å². The zero-order chi connectivity index (χ0) is 25.5. The minimum atomic E-state index is 0.874. The normalized spacial score (nSPS) is 11.5. The molecule has 0 fully saturated rings. The van der Waals surface area contributed by atoms with Crippen LogP contribution in [0.5, 0.6) is 0 Å². The van der Waals surface area contributed by atoms with E-state index in [-0.39, 0.29) is 0 Å². The second-order valence-corrected chi connectivity index (χ2v) is 9.93. The highest BCUT2D eigenvalue weighted by Crippen LogP contribution is 2.31. The summed E-state index contributed by atoms with van der Waals surface area (Å²) >= 11 is 0. The molecule has 2 heterocycles. The lowest BCUT2D eigenvalue weighted by atomic mass is 10.1. The van der Waals surface area contributed by atoms with Crippen LogP contribution in [0.3, 0.4) is 0 Å². The highest BCUT2D eigenvalue weighted by molar-refractivity contribution is 5.79. The van der Waals surface area contributed by atoms with E-state index in [1.54, 1.807) is 0 Å². The third kappa shape index (κ3) is 5.86. The van der Waals surface area contributed by atoms with Crippen molar-refractivity contribution in [2.24, 2.45) is 0 Å². The molecule has 2 aromatic heterocycles. The molecular formula is C33H38N4. The first-order valence-corrected chi connectivity index (χ1v) is 13.8. The Hall–Kier alpha value is -3.63. The number of nitrogens with zero attached hydrogens (tertiary/aromatic N) is 3. The topological polar surface area (TPSA) is 36.9 Å². The summed E-state index contributed by atoms with van der Waals surface area (Å²) < 4.78 is 2.50. The van der Waals surface area contributed by atoms with Gasteiger partial charge in [-0.15, -0.1) is 0 Å². The molecule has 190 valence electrons. The molecule has 0 aliphatic carbocycles. The lowest BCUT2D eigenvalue weighted by molar-refractivity contribution is 0.246. The van der Waals surface area contributed by atoms with Crippen LogP contribution >= 0.6 is 0 Å². The van der Waals surface area contributed by atoms with E-state index < -0.39 is 0 Å². The third-order valence-electron chi connectivity index (χ3n) is 7.11. The number of imidazole rings is 1. The highest BCUT2D eigenvalue weighted by Gasteiger charge is 2.21. The zero-order valence-corrected chi connectivity index (χ0v) is 22.2. The number of fused-ring (bicyclic) bond motifs is 1. The van der Waals surface area contributed by atoms with Gasteiger partial charge in [0.2, 0.25) is 0 Å². The van der Waals surface area contributed by atoms with Crippen molar-refractivity contribution >= 4 is 10.9 Å². The fourth-order valence-electron chi connectivity index (χ4n) is 5.11. The number of unbranched alkanes of at least 4 members (excludes halogenated alkanes) is 2. The first-order valence-electron chi connectivity index (χ1n) is 13.8. The molecule has 0 bridgehead atoms. The summed E-state index contributed by atoms with van der Waals surface area (Å²) in [6.45, 7) is 8.39. The van der Waals surface area contributed by atoms with Gasteiger partial charge in [0, 0.05) is 42.5 Å². The van der Waals surface area contributed by atoms with Gasteiger partial charge in [0.1, 0.15) is 5.82 Å². The Kier molecular flexibility index (Phi) is 8.17. The average Bonchev–Trinajstić information content (AvgIpc) is 3.56. The van der Waals surface area contributed by atoms with E-state index in [2.05, 4.69) is 113 Å². The number of nitrogens with one attached hydrogen (secondary N) is 1. The fraction of sp³-hybridized carbons (Fsp3) is 0.303. The largest absolute Gasteiger partial charge is 0.361 e. The van der Waals surface area contributed by atoms with Crippen molar-refractivity contribution < 1.29 is 0 Å². The van der Waals surface area contributed by atoms with Crippen molar-refractivity contribution in [1.82, 2.24) is 19.4 Å². The summed E-state index contributed by atoms with van der Waals surface area (Å²) in [5.41, 5.74) is 7.34. The first kappa shape index (κ1) is 25.0. The maximum absolute atomic E-state index is 5.31. The Morgan fingerprint density at radius 2 is 1.51 bits per heavy atom. The highest BCUT2D eigenvalue weighted by atomic mass is 15.2. The number of rotatable bonds is 12. The summed E-state index contributed by atoms with van der Waals surface area (Å²) in [5.74, 6) is 1.08. The Morgan fingerprint density at radius 3 is 2.24 bits per heavy atom. The molecule has 0 aliphatic rings. The predicted molar refractivity (Wildman–Crippen MR) is 155 cm³/mol. The number of aromatic nitrogens is 3. The molecule has 0 aliphatic heterocycles. The Morgan fingerprint density at radius 1 is 0.784 bits per heavy atom. The smallest absolute Gasteiger partial charge is 0.140 e. The van der Waals surface area contributed by atoms with Gasteiger partial charge in [0.05, 0.1) is 11.4 Å². The van der Waals surface area contributed by atoms with E-state index >= 15 is 0 Å². The second-order valence-electron chi connectivity index (χ2n) is 9.93. The van der Waals surface area contributed by atoms with Crippen LogP contribution in [0.4, 0.5) is 0 Å². The number of hydrogen-bond donors (Lipinski definition) is 1. The summed E-state index contributed by atoms with van der Waals surface area (Å²) in [6, 6.07) is 30.3. The lowest BCUT2D eigenvalue weighted by Gasteiger charge is -2.24. The van der Waals surface area contributed by atoms with Crippen molar-refractivity contribution in [3.05, 3.63) is 102 Å². The molecule has 0 atom stereocenters. The van der Waals surface area contributed by atoms with Crippen LogP contribution in [0.1, 0.15) is 50.8 Å². The van der Waals surface area contributed by atoms with Gasteiger partial charge in [-0.1, -0.05) is 93.4 Å². The molecule has 5 aromatic rings. The van der Waals surface area contributed by atoms with Crippen molar-refractivity contribution in [1.29, 1.82) is 0 Å². The molecule has 0 unspecified atom stereocenters. The number of aromatic amines is 1. The van der Waals surface area contributed by atoms with Crippen molar-refractivity contribution in [3.63, 3.8) is 0 Å². The predicted octanol–water partition coefficient (Wildman–Crippen LogP) is 8.30. The van der Waals surface area contributed by atoms with Crippen LogP contribution < -0.4 is 0 Å². The zero-order valence-electron chi connectivity index (χ0n) is 22.2. The number of hydrogen-bond acceptors (Lipinski definition) is 2. The molecule has 0 radical (unpaired) electrons. The standard InChI is InChI=1S/C33H38N4/c1-3-5-21-36(24-26-17-18-30-29(23-26)19-20-34-30)25-31-32(27-13-9-7-10-14-27)35-33(37(31)22-6-4-2)28-15-11-8-12-16-28/h7-20,23,34H,3-6,21-22,24-25H2,1-2H3. The number of H-pyrrole nitrogens is 1. The Labute approximate surface area is 221 Å². The molecule has 37 heavy (non-hydrogen) atoms. The van der Waals surface area contributed by atoms with Gasteiger partial charge in [0.15, 0.2) is 0 Å². The van der Waals surface area contributed by atoms with Gasteiger partial charge >= 0.3 is 0 Å². The van der Waals surface area contributed by atoms with Gasteiger partial charge in [-0.2, -0.15) is 0 Å². The van der Waals surface area contributed by atoms with Crippen LogP contribution in [0.2, 0.25) is 0 Å². The van der Waals surface area contributed by atoms with Crippen LogP contribution in [-0.2, 0) is 19.6 Å². The quantitative estimate of drug-likeness (QED) is 0.191. The maximum Gasteiger partial charge on any atom is 0.140 e. The monoisotopic (exact) mass is 490 g/mol. The molecule has 0 saturated heterocycles. The van der Waals surface area contributed by atoms with Crippen LogP contribution in [0.25, 0.3) is 33.5 Å². The molecule has 3 aromatic carbocycles. The SMILES string of the molecule is CCCCN(Cc1ccc2[nH]ccc2c1)Cc1c(-c2ccccc2)nc(-c2ccccc2)n1CCCC. The molecule has 0 spiro atoms.